The van der Waals surface area contributed by atoms with Gasteiger partial charge in [0.15, 0.2) is 0 Å². The number of hydrogen-bond donors (Lipinski definition) is 0. The highest BCUT2D eigenvalue weighted by Crippen LogP contribution is 2.28. The van der Waals surface area contributed by atoms with Crippen molar-refractivity contribution in [1.82, 2.24) is 4.98 Å². The number of hydrogen-bond acceptors (Lipinski definition) is 3. The van der Waals surface area contributed by atoms with Crippen LogP contribution in [-0.2, 0) is 4.74 Å². The van der Waals surface area contributed by atoms with E-state index in [0.717, 1.165) is 41.0 Å². The zero-order valence-electron chi connectivity index (χ0n) is 10.4. The van der Waals surface area contributed by atoms with Crippen LogP contribution in [0.1, 0.15) is 0 Å². The molecule has 3 rings (SSSR count). The van der Waals surface area contributed by atoms with E-state index < -0.39 is 0 Å². The first kappa shape index (κ1) is 13.2. The molecule has 1 fully saturated rings. The average Bonchev–Trinajstić information content (AvgIpc) is 2.46. The first-order valence-corrected chi connectivity index (χ1v) is 7.74. The van der Waals surface area contributed by atoms with Gasteiger partial charge >= 0.3 is 0 Å². The van der Waals surface area contributed by atoms with E-state index in [4.69, 9.17) is 16.3 Å². The largest absolute Gasteiger partial charge is 0.374 e. The summed E-state index contributed by atoms with van der Waals surface area (Å²) in [6.07, 6.45) is 2.08. The molecule has 19 heavy (non-hydrogen) atoms. The standard InChI is InChI=1S/C14H14BrClN2O/c15-8-11-9-18(5-6-19-11)14-3-4-17-13-7-10(16)1-2-12(13)14/h1-4,7,11H,5-6,8-9H2. The topological polar surface area (TPSA) is 25.4 Å². The summed E-state index contributed by atoms with van der Waals surface area (Å²) in [6.45, 7) is 2.56. The Morgan fingerprint density at radius 2 is 2.32 bits per heavy atom. The summed E-state index contributed by atoms with van der Waals surface area (Å²) in [5.74, 6) is 0. The number of alkyl halides is 1. The van der Waals surface area contributed by atoms with E-state index in [0.29, 0.717) is 0 Å². The molecule has 100 valence electrons. The van der Waals surface area contributed by atoms with Crippen LogP contribution in [-0.4, -0.2) is 36.1 Å². The number of pyridine rings is 1. The van der Waals surface area contributed by atoms with Crippen molar-refractivity contribution in [3.05, 3.63) is 35.5 Å². The van der Waals surface area contributed by atoms with Crippen LogP contribution in [0.15, 0.2) is 30.5 Å². The number of nitrogens with zero attached hydrogens (tertiary/aromatic N) is 2. The van der Waals surface area contributed by atoms with Crippen molar-refractivity contribution in [1.29, 1.82) is 0 Å². The molecule has 0 amide bonds. The third-order valence-electron chi connectivity index (χ3n) is 3.33. The van der Waals surface area contributed by atoms with Gasteiger partial charge in [-0.1, -0.05) is 27.5 Å². The Bertz CT molecular complexity index is 593. The number of fused-ring (bicyclic) bond motifs is 1. The Balaban J connectivity index is 2.00. The van der Waals surface area contributed by atoms with Crippen LogP contribution < -0.4 is 4.90 Å². The zero-order valence-corrected chi connectivity index (χ0v) is 12.7. The van der Waals surface area contributed by atoms with Crippen LogP contribution in [0.3, 0.4) is 0 Å². The number of aromatic nitrogens is 1. The van der Waals surface area contributed by atoms with Gasteiger partial charge in [-0.05, 0) is 24.3 Å². The molecule has 1 saturated heterocycles. The molecule has 0 spiro atoms. The molecule has 1 atom stereocenters. The Labute approximate surface area is 125 Å². The maximum absolute atomic E-state index is 6.02. The molecule has 0 N–H and O–H groups in total. The van der Waals surface area contributed by atoms with Gasteiger partial charge in [-0.25, -0.2) is 0 Å². The average molecular weight is 342 g/mol. The highest BCUT2D eigenvalue weighted by Gasteiger charge is 2.21. The molecule has 5 heteroatoms. The lowest BCUT2D eigenvalue weighted by atomic mass is 10.1. The van der Waals surface area contributed by atoms with E-state index in [1.165, 1.54) is 5.69 Å². The molecular weight excluding hydrogens is 328 g/mol. The van der Waals surface area contributed by atoms with E-state index in [2.05, 4.69) is 31.9 Å². The molecule has 0 radical (unpaired) electrons. The summed E-state index contributed by atoms with van der Waals surface area (Å²) in [6, 6.07) is 7.92. The van der Waals surface area contributed by atoms with Crippen LogP contribution in [0, 0.1) is 0 Å². The first-order chi connectivity index (χ1) is 9.28. The van der Waals surface area contributed by atoms with Crippen molar-refractivity contribution in [2.24, 2.45) is 0 Å². The molecule has 2 heterocycles. The number of halogens is 2. The van der Waals surface area contributed by atoms with Crippen molar-refractivity contribution in [2.45, 2.75) is 6.10 Å². The Morgan fingerprint density at radius 3 is 3.16 bits per heavy atom. The van der Waals surface area contributed by atoms with Crippen molar-refractivity contribution in [3.8, 4) is 0 Å². The van der Waals surface area contributed by atoms with Crippen molar-refractivity contribution < 1.29 is 4.74 Å². The minimum Gasteiger partial charge on any atom is -0.374 e. The van der Waals surface area contributed by atoms with Crippen LogP contribution in [0.4, 0.5) is 5.69 Å². The summed E-state index contributed by atoms with van der Waals surface area (Å²) in [7, 11) is 0. The molecule has 3 nitrogen and oxygen atoms in total. The van der Waals surface area contributed by atoms with Crippen LogP contribution in [0.5, 0.6) is 0 Å². The van der Waals surface area contributed by atoms with Gasteiger partial charge in [0.05, 0.1) is 18.2 Å². The van der Waals surface area contributed by atoms with E-state index in [1.807, 2.05) is 24.4 Å². The fraction of sp³-hybridized carbons (Fsp3) is 0.357. The third-order valence-corrected chi connectivity index (χ3v) is 4.29. The van der Waals surface area contributed by atoms with Gasteiger partial charge in [0, 0.05) is 40.7 Å². The lowest BCUT2D eigenvalue weighted by Crippen LogP contribution is -2.43. The third kappa shape index (κ3) is 2.71. The second kappa shape index (κ2) is 5.65. The maximum atomic E-state index is 6.02. The van der Waals surface area contributed by atoms with E-state index in [9.17, 15) is 0 Å². The number of anilines is 1. The zero-order chi connectivity index (χ0) is 13.2. The second-order valence-electron chi connectivity index (χ2n) is 4.58. The SMILES string of the molecule is Clc1ccc2c(N3CCOC(CBr)C3)ccnc2c1. The molecule has 1 aromatic carbocycles. The van der Waals surface area contributed by atoms with E-state index in [1.54, 1.807) is 0 Å². The minimum absolute atomic E-state index is 0.240. The number of ether oxygens (including phenoxy) is 1. The predicted molar refractivity (Wildman–Crippen MR) is 82.5 cm³/mol. The highest BCUT2D eigenvalue weighted by atomic mass is 79.9. The van der Waals surface area contributed by atoms with E-state index in [-0.39, 0.29) is 6.10 Å². The van der Waals surface area contributed by atoms with E-state index >= 15 is 0 Å². The molecular formula is C14H14BrClN2O. The van der Waals surface area contributed by atoms with Gasteiger partial charge in [0.1, 0.15) is 0 Å². The molecule has 0 saturated carbocycles. The predicted octanol–water partition coefficient (Wildman–Crippen LogP) is 3.49. The first-order valence-electron chi connectivity index (χ1n) is 6.25. The van der Waals surface area contributed by atoms with Crippen molar-refractivity contribution in [2.75, 3.05) is 29.9 Å². The van der Waals surface area contributed by atoms with Crippen LogP contribution in [0.25, 0.3) is 10.9 Å². The van der Waals surface area contributed by atoms with Crippen molar-refractivity contribution >= 4 is 44.1 Å². The van der Waals surface area contributed by atoms with Gasteiger partial charge in [-0.3, -0.25) is 4.98 Å². The normalized spacial score (nSPS) is 19.9. The summed E-state index contributed by atoms with van der Waals surface area (Å²) in [5.41, 5.74) is 2.14. The van der Waals surface area contributed by atoms with Gasteiger partial charge in [-0.15, -0.1) is 0 Å². The number of benzene rings is 1. The fourth-order valence-electron chi connectivity index (χ4n) is 2.41. The lowest BCUT2D eigenvalue weighted by Gasteiger charge is -2.34. The minimum atomic E-state index is 0.240. The highest BCUT2D eigenvalue weighted by molar-refractivity contribution is 9.09. The Kier molecular flexibility index (Phi) is 3.91. The lowest BCUT2D eigenvalue weighted by molar-refractivity contribution is 0.0572. The molecule has 1 aliphatic rings. The molecule has 2 aromatic rings. The summed E-state index contributed by atoms with van der Waals surface area (Å²) in [4.78, 5) is 6.74. The monoisotopic (exact) mass is 340 g/mol. The maximum Gasteiger partial charge on any atom is 0.0847 e. The molecule has 1 aromatic heterocycles. The fourth-order valence-corrected chi connectivity index (χ4v) is 2.97. The van der Waals surface area contributed by atoms with Crippen molar-refractivity contribution in [3.63, 3.8) is 0 Å². The van der Waals surface area contributed by atoms with Crippen LogP contribution >= 0.6 is 27.5 Å². The second-order valence-corrected chi connectivity index (χ2v) is 5.67. The number of morpholine rings is 1. The molecule has 1 aliphatic heterocycles. The summed E-state index contributed by atoms with van der Waals surface area (Å²) in [5, 5.41) is 2.72. The van der Waals surface area contributed by atoms with Gasteiger partial charge < -0.3 is 9.64 Å². The molecule has 1 unspecified atom stereocenters. The molecule has 0 aliphatic carbocycles. The summed E-state index contributed by atoms with van der Waals surface area (Å²) < 4.78 is 5.68. The molecule has 0 bridgehead atoms. The van der Waals surface area contributed by atoms with Gasteiger partial charge in [0.25, 0.3) is 0 Å². The Morgan fingerprint density at radius 1 is 1.42 bits per heavy atom. The van der Waals surface area contributed by atoms with Gasteiger partial charge in [0.2, 0.25) is 0 Å². The smallest absolute Gasteiger partial charge is 0.0847 e. The Hall–Kier alpha value is -0.840. The van der Waals surface area contributed by atoms with Gasteiger partial charge in [-0.2, -0.15) is 0 Å². The van der Waals surface area contributed by atoms with Crippen LogP contribution in [0.2, 0.25) is 5.02 Å². The summed E-state index contributed by atoms with van der Waals surface area (Å²) >= 11 is 9.51. The number of rotatable bonds is 2. The quantitative estimate of drug-likeness (QED) is 0.782.